The Labute approximate surface area is 158 Å². The van der Waals surface area contributed by atoms with Gasteiger partial charge in [0.2, 0.25) is 0 Å². The zero-order valence-electron chi connectivity index (χ0n) is 12.8. The lowest BCUT2D eigenvalue weighted by Gasteiger charge is -2.15. The number of benzene rings is 1. The van der Waals surface area contributed by atoms with E-state index < -0.39 is 22.0 Å². The van der Waals surface area contributed by atoms with Gasteiger partial charge in [0.25, 0.3) is 10.0 Å². The molecular weight excluding hydrogens is 434 g/mol. The molecular formula is C15H16BrNO4S3. The van der Waals surface area contributed by atoms with E-state index in [0.717, 1.165) is 16.9 Å². The summed E-state index contributed by atoms with van der Waals surface area (Å²) in [6, 6.07) is 12.0. The Morgan fingerprint density at radius 1 is 1.29 bits per heavy atom. The van der Waals surface area contributed by atoms with Gasteiger partial charge in [-0.25, -0.2) is 8.42 Å². The van der Waals surface area contributed by atoms with Crippen LogP contribution in [0.1, 0.15) is 5.56 Å². The molecule has 0 aliphatic heterocycles. The fourth-order valence-corrected chi connectivity index (χ4v) is 6.17. The molecule has 0 amide bonds. The van der Waals surface area contributed by atoms with Gasteiger partial charge in [-0.3, -0.25) is 4.79 Å². The van der Waals surface area contributed by atoms with Gasteiger partial charge in [-0.15, -0.1) is 11.3 Å². The van der Waals surface area contributed by atoms with Gasteiger partial charge in [0.05, 0.1) is 10.9 Å². The number of nitrogens with one attached hydrogen (secondary N) is 1. The van der Waals surface area contributed by atoms with E-state index in [0.29, 0.717) is 9.54 Å². The van der Waals surface area contributed by atoms with Gasteiger partial charge in [-0.05, 0) is 33.6 Å². The second-order valence-corrected chi connectivity index (χ2v) is 10.2. The Kier molecular flexibility index (Phi) is 7.30. The number of thioether (sulfide) groups is 1. The lowest BCUT2D eigenvalue weighted by atomic mass is 10.2. The van der Waals surface area contributed by atoms with E-state index in [2.05, 4.69) is 20.7 Å². The molecule has 0 saturated heterocycles. The molecule has 0 aliphatic carbocycles. The minimum absolute atomic E-state index is 0.149. The average molecular weight is 450 g/mol. The van der Waals surface area contributed by atoms with Crippen molar-refractivity contribution in [2.75, 3.05) is 12.9 Å². The van der Waals surface area contributed by atoms with Crippen LogP contribution in [-0.4, -0.2) is 33.3 Å². The molecule has 9 heteroatoms. The summed E-state index contributed by atoms with van der Waals surface area (Å²) in [5.41, 5.74) is 1.11. The molecule has 0 saturated carbocycles. The highest BCUT2D eigenvalue weighted by Crippen LogP contribution is 2.26. The molecule has 130 valence electrons. The van der Waals surface area contributed by atoms with E-state index in [1.54, 1.807) is 6.07 Å². The summed E-state index contributed by atoms with van der Waals surface area (Å²) in [5.74, 6) is 0.364. The van der Waals surface area contributed by atoms with Crippen molar-refractivity contribution in [1.82, 2.24) is 4.72 Å². The number of rotatable bonds is 8. The number of ether oxygens (including phenoxy) is 1. The molecule has 1 heterocycles. The summed E-state index contributed by atoms with van der Waals surface area (Å²) in [5, 5.41) is 0. The van der Waals surface area contributed by atoms with Crippen LogP contribution in [0.4, 0.5) is 0 Å². The number of esters is 1. The zero-order chi connectivity index (χ0) is 17.6. The van der Waals surface area contributed by atoms with Crippen LogP contribution in [0.5, 0.6) is 0 Å². The number of hydrogen-bond donors (Lipinski definition) is 1. The largest absolute Gasteiger partial charge is 0.468 e. The van der Waals surface area contributed by atoms with Crippen molar-refractivity contribution >= 4 is 55.0 Å². The second-order valence-electron chi connectivity index (χ2n) is 4.76. The fraction of sp³-hybridized carbons (Fsp3) is 0.267. The standard InChI is InChI=1S/C15H16BrNO4S3/c1-21-15(18)12(10-22-9-11-5-3-2-4-6-11)17-24(19,20)14-8-7-13(16)23-14/h2-8,12,17H,9-10H2,1H3/t12-/m0/s1. The molecule has 24 heavy (non-hydrogen) atoms. The molecule has 0 radical (unpaired) electrons. The lowest BCUT2D eigenvalue weighted by Crippen LogP contribution is -2.43. The van der Waals surface area contributed by atoms with Crippen molar-refractivity contribution in [3.8, 4) is 0 Å². The molecule has 0 spiro atoms. The first-order chi connectivity index (χ1) is 11.4. The predicted molar refractivity (Wildman–Crippen MR) is 101 cm³/mol. The number of methoxy groups -OCH3 is 1. The van der Waals surface area contributed by atoms with Crippen molar-refractivity contribution in [2.45, 2.75) is 16.0 Å². The van der Waals surface area contributed by atoms with Gasteiger partial charge < -0.3 is 4.74 Å². The minimum atomic E-state index is -3.76. The van der Waals surface area contributed by atoms with E-state index >= 15 is 0 Å². The van der Waals surface area contributed by atoms with Gasteiger partial charge in [0, 0.05) is 11.5 Å². The molecule has 2 aromatic rings. The molecule has 1 atom stereocenters. The van der Waals surface area contributed by atoms with Crippen LogP contribution in [-0.2, 0) is 25.3 Å². The number of thiophene rings is 1. The van der Waals surface area contributed by atoms with Gasteiger partial charge in [-0.2, -0.15) is 16.5 Å². The van der Waals surface area contributed by atoms with Crippen molar-refractivity contribution < 1.29 is 17.9 Å². The summed E-state index contributed by atoms with van der Waals surface area (Å²) in [4.78, 5) is 11.9. The maximum atomic E-state index is 12.4. The van der Waals surface area contributed by atoms with Crippen LogP contribution < -0.4 is 4.72 Å². The predicted octanol–water partition coefficient (Wildman–Crippen LogP) is 3.26. The minimum Gasteiger partial charge on any atom is -0.468 e. The summed E-state index contributed by atoms with van der Waals surface area (Å²) in [7, 11) is -2.52. The maximum Gasteiger partial charge on any atom is 0.324 e. The van der Waals surface area contributed by atoms with Crippen LogP contribution in [0.2, 0.25) is 0 Å². The van der Waals surface area contributed by atoms with Gasteiger partial charge in [0.1, 0.15) is 10.3 Å². The second kappa shape index (κ2) is 9.00. The zero-order valence-corrected chi connectivity index (χ0v) is 16.8. The first kappa shape index (κ1) is 19.5. The monoisotopic (exact) mass is 449 g/mol. The molecule has 1 aromatic carbocycles. The third-order valence-electron chi connectivity index (χ3n) is 2.99. The molecule has 0 bridgehead atoms. The van der Waals surface area contributed by atoms with Crippen LogP contribution in [0, 0.1) is 0 Å². The topological polar surface area (TPSA) is 72.5 Å². The Morgan fingerprint density at radius 2 is 2.00 bits per heavy atom. The number of carbonyl (C=O) groups is 1. The highest BCUT2D eigenvalue weighted by atomic mass is 79.9. The third-order valence-corrected chi connectivity index (χ3v) is 7.69. The maximum absolute atomic E-state index is 12.4. The number of carbonyl (C=O) groups excluding carboxylic acids is 1. The number of halogens is 1. The van der Waals surface area contributed by atoms with E-state index in [9.17, 15) is 13.2 Å². The van der Waals surface area contributed by atoms with E-state index in [-0.39, 0.29) is 9.96 Å². The van der Waals surface area contributed by atoms with Crippen molar-refractivity contribution in [2.24, 2.45) is 0 Å². The first-order valence-electron chi connectivity index (χ1n) is 6.89. The summed E-state index contributed by atoms with van der Waals surface area (Å²) in [6.45, 7) is 0. The molecule has 0 fully saturated rings. The van der Waals surface area contributed by atoms with Crippen molar-refractivity contribution in [3.05, 3.63) is 51.8 Å². The van der Waals surface area contributed by atoms with Crippen LogP contribution >= 0.6 is 39.0 Å². The van der Waals surface area contributed by atoms with Crippen molar-refractivity contribution in [3.63, 3.8) is 0 Å². The Balaban J connectivity index is 2.01. The smallest absolute Gasteiger partial charge is 0.324 e. The Morgan fingerprint density at radius 3 is 2.58 bits per heavy atom. The van der Waals surface area contributed by atoms with E-state index in [4.69, 9.17) is 4.74 Å². The lowest BCUT2D eigenvalue weighted by molar-refractivity contribution is -0.141. The summed E-state index contributed by atoms with van der Waals surface area (Å²) >= 11 is 5.78. The van der Waals surface area contributed by atoms with Crippen LogP contribution in [0.3, 0.4) is 0 Å². The summed E-state index contributed by atoms with van der Waals surface area (Å²) in [6.07, 6.45) is 0. The molecule has 1 aromatic heterocycles. The first-order valence-corrected chi connectivity index (χ1v) is 11.1. The SMILES string of the molecule is COC(=O)[C@H](CSCc1ccccc1)NS(=O)(=O)c1ccc(Br)s1. The highest BCUT2D eigenvalue weighted by molar-refractivity contribution is 9.11. The normalized spacial score (nSPS) is 12.8. The molecule has 2 rings (SSSR count). The molecule has 1 N–H and O–H groups in total. The van der Waals surface area contributed by atoms with Crippen LogP contribution in [0.15, 0.2) is 50.5 Å². The number of sulfonamides is 1. The van der Waals surface area contributed by atoms with Gasteiger partial charge >= 0.3 is 5.97 Å². The number of hydrogen-bond acceptors (Lipinski definition) is 6. The van der Waals surface area contributed by atoms with Crippen LogP contribution in [0.25, 0.3) is 0 Å². The quantitative estimate of drug-likeness (QED) is 0.626. The molecule has 0 aliphatic rings. The summed E-state index contributed by atoms with van der Waals surface area (Å²) < 4.78 is 32.7. The fourth-order valence-electron chi connectivity index (χ4n) is 1.85. The van der Waals surface area contributed by atoms with Crippen molar-refractivity contribution in [1.29, 1.82) is 0 Å². The Bertz CT molecular complexity index is 777. The van der Waals surface area contributed by atoms with E-state index in [1.165, 1.54) is 24.9 Å². The van der Waals surface area contributed by atoms with Gasteiger partial charge in [0.15, 0.2) is 0 Å². The average Bonchev–Trinajstić information content (AvgIpc) is 3.01. The third kappa shape index (κ3) is 5.59. The highest BCUT2D eigenvalue weighted by Gasteiger charge is 2.27. The van der Waals surface area contributed by atoms with Gasteiger partial charge in [-0.1, -0.05) is 30.3 Å². The Hall–Kier alpha value is -0.870. The molecule has 5 nitrogen and oxygen atoms in total. The molecule has 0 unspecified atom stereocenters. The van der Waals surface area contributed by atoms with E-state index in [1.807, 2.05) is 30.3 Å².